The predicted octanol–water partition coefficient (Wildman–Crippen LogP) is 4.63. The lowest BCUT2D eigenvalue weighted by molar-refractivity contribution is 0.0890. The van der Waals surface area contributed by atoms with E-state index in [1.807, 2.05) is 30.9 Å². The molecule has 1 aliphatic heterocycles. The van der Waals surface area contributed by atoms with Crippen LogP contribution in [0.15, 0.2) is 48.0 Å². The van der Waals surface area contributed by atoms with Crippen molar-refractivity contribution in [1.82, 2.24) is 9.88 Å². The van der Waals surface area contributed by atoms with Gasteiger partial charge < -0.3 is 14.4 Å². The zero-order chi connectivity index (χ0) is 17.9. The number of hydrogen-bond donors (Lipinski definition) is 0. The van der Waals surface area contributed by atoms with Crippen LogP contribution < -0.4 is 4.74 Å². The van der Waals surface area contributed by atoms with Crippen molar-refractivity contribution in [2.24, 2.45) is 0 Å². The molecule has 0 amide bonds. The summed E-state index contributed by atoms with van der Waals surface area (Å²) >= 11 is 1.89. The van der Waals surface area contributed by atoms with E-state index in [0.29, 0.717) is 12.5 Å². The lowest BCUT2D eigenvalue weighted by Crippen LogP contribution is -2.20. The van der Waals surface area contributed by atoms with E-state index in [1.54, 1.807) is 7.11 Å². The maximum absolute atomic E-state index is 5.77. The normalized spacial score (nSPS) is 17.9. The van der Waals surface area contributed by atoms with Gasteiger partial charge in [0.1, 0.15) is 6.10 Å². The molecule has 1 aliphatic carbocycles. The third-order valence-electron chi connectivity index (χ3n) is 4.68. The van der Waals surface area contributed by atoms with Gasteiger partial charge in [-0.1, -0.05) is 24.3 Å². The van der Waals surface area contributed by atoms with E-state index in [0.717, 1.165) is 17.5 Å². The van der Waals surface area contributed by atoms with Crippen molar-refractivity contribution >= 4 is 17.5 Å². The van der Waals surface area contributed by atoms with Gasteiger partial charge in [0.2, 0.25) is 5.88 Å². The molecular formula is C21H24N2O2S. The minimum Gasteiger partial charge on any atom is -0.472 e. The van der Waals surface area contributed by atoms with Crippen molar-refractivity contribution in [3.63, 3.8) is 0 Å². The first-order valence-corrected chi connectivity index (χ1v) is 10.1. The third-order valence-corrected chi connectivity index (χ3v) is 5.50. The molecular weight excluding hydrogens is 344 g/mol. The number of hydrogen-bond acceptors (Lipinski definition) is 5. The second-order valence-corrected chi connectivity index (χ2v) is 7.64. The predicted molar refractivity (Wildman–Crippen MR) is 107 cm³/mol. The summed E-state index contributed by atoms with van der Waals surface area (Å²) in [6, 6.07) is 13.3. The largest absolute Gasteiger partial charge is 0.472 e. The van der Waals surface area contributed by atoms with Crippen molar-refractivity contribution in [1.29, 1.82) is 0 Å². The van der Waals surface area contributed by atoms with Crippen LogP contribution in [0, 0.1) is 0 Å². The van der Waals surface area contributed by atoms with Gasteiger partial charge in [-0.25, -0.2) is 4.98 Å². The average Bonchev–Trinajstić information content (AvgIpc) is 3.39. The van der Waals surface area contributed by atoms with Crippen molar-refractivity contribution in [2.45, 2.75) is 31.9 Å². The minimum absolute atomic E-state index is 0.0154. The van der Waals surface area contributed by atoms with E-state index < -0.39 is 0 Å². The zero-order valence-electron chi connectivity index (χ0n) is 15.2. The topological polar surface area (TPSA) is 34.6 Å². The molecule has 5 heteroatoms. The highest BCUT2D eigenvalue weighted by atomic mass is 32.2. The maximum atomic E-state index is 5.77. The average molecular weight is 369 g/mol. The van der Waals surface area contributed by atoms with Crippen LogP contribution in [0.25, 0.3) is 16.8 Å². The molecule has 0 saturated heterocycles. The summed E-state index contributed by atoms with van der Waals surface area (Å²) < 4.78 is 10.9. The molecule has 1 saturated carbocycles. The molecule has 1 aromatic heterocycles. The Labute approximate surface area is 159 Å². The van der Waals surface area contributed by atoms with Gasteiger partial charge in [0.05, 0.1) is 18.2 Å². The molecule has 4 nitrogen and oxygen atoms in total. The first-order valence-electron chi connectivity index (χ1n) is 9.06. The fourth-order valence-electron chi connectivity index (χ4n) is 3.28. The molecule has 0 unspecified atom stereocenters. The standard InChI is InChI=1S/C21H24N2O2S/c1-15(12-24-2)25-21-10-7-16(11-22-21)18-5-3-4-6-19(18)20-13-26-14-23(20)17-8-9-17/h3-7,10-11,13,15,17H,8-9,12,14H2,1-2H3/t15-/m1/s1. The van der Waals surface area contributed by atoms with Crippen molar-refractivity contribution in [3.8, 4) is 17.0 Å². The Morgan fingerprint density at radius 2 is 2.00 bits per heavy atom. The lowest BCUT2D eigenvalue weighted by atomic mass is 9.99. The Hall–Kier alpha value is -1.98. The summed E-state index contributed by atoms with van der Waals surface area (Å²) in [6.07, 6.45) is 4.51. The van der Waals surface area contributed by atoms with E-state index in [4.69, 9.17) is 9.47 Å². The van der Waals surface area contributed by atoms with Crippen LogP contribution in [0.2, 0.25) is 0 Å². The van der Waals surface area contributed by atoms with Crippen molar-refractivity contribution < 1.29 is 9.47 Å². The maximum Gasteiger partial charge on any atom is 0.213 e. The molecule has 0 spiro atoms. The molecule has 0 radical (unpaired) electrons. The highest BCUT2D eigenvalue weighted by Gasteiger charge is 2.33. The summed E-state index contributed by atoms with van der Waals surface area (Å²) in [7, 11) is 1.67. The van der Waals surface area contributed by atoms with Gasteiger partial charge in [0.25, 0.3) is 0 Å². The lowest BCUT2D eigenvalue weighted by Gasteiger charge is -2.23. The Morgan fingerprint density at radius 1 is 1.19 bits per heavy atom. The first-order chi connectivity index (χ1) is 12.8. The van der Waals surface area contributed by atoms with E-state index in [-0.39, 0.29) is 6.10 Å². The molecule has 2 aliphatic rings. The Morgan fingerprint density at radius 3 is 2.69 bits per heavy atom. The summed E-state index contributed by atoms with van der Waals surface area (Å²) in [5.41, 5.74) is 4.96. The van der Waals surface area contributed by atoms with E-state index >= 15 is 0 Å². The second kappa shape index (κ2) is 7.72. The quantitative estimate of drug-likeness (QED) is 0.712. The Bertz CT molecular complexity index is 787. The zero-order valence-corrected chi connectivity index (χ0v) is 16.0. The summed E-state index contributed by atoms with van der Waals surface area (Å²) in [5, 5.41) is 2.30. The van der Waals surface area contributed by atoms with Gasteiger partial charge in [-0.3, -0.25) is 0 Å². The molecule has 1 atom stereocenters. The molecule has 1 aromatic carbocycles. The van der Waals surface area contributed by atoms with Gasteiger partial charge in [0, 0.05) is 36.5 Å². The Kier molecular flexibility index (Phi) is 5.18. The molecule has 0 bridgehead atoms. The molecule has 136 valence electrons. The number of methoxy groups -OCH3 is 1. The van der Waals surface area contributed by atoms with Crippen LogP contribution >= 0.6 is 11.8 Å². The summed E-state index contributed by atoms with van der Waals surface area (Å²) in [5.74, 6) is 1.70. The smallest absolute Gasteiger partial charge is 0.213 e. The molecule has 2 heterocycles. The number of aromatic nitrogens is 1. The van der Waals surface area contributed by atoms with Crippen LogP contribution in [0.5, 0.6) is 5.88 Å². The minimum atomic E-state index is -0.0154. The number of ether oxygens (including phenoxy) is 2. The van der Waals surface area contributed by atoms with Crippen molar-refractivity contribution in [3.05, 3.63) is 53.6 Å². The van der Waals surface area contributed by atoms with E-state index in [9.17, 15) is 0 Å². The molecule has 0 N–H and O–H groups in total. The molecule has 26 heavy (non-hydrogen) atoms. The number of rotatable bonds is 7. The highest BCUT2D eigenvalue weighted by molar-refractivity contribution is 8.02. The second-order valence-electron chi connectivity index (χ2n) is 6.81. The number of thioether (sulfide) groups is 1. The number of nitrogens with zero attached hydrogens (tertiary/aromatic N) is 2. The van der Waals surface area contributed by atoms with Crippen LogP contribution in [-0.2, 0) is 4.74 Å². The Balaban J connectivity index is 1.58. The summed E-state index contributed by atoms with van der Waals surface area (Å²) in [4.78, 5) is 7.04. The first kappa shape index (κ1) is 17.4. The van der Waals surface area contributed by atoms with E-state index in [1.165, 1.54) is 29.7 Å². The highest BCUT2D eigenvalue weighted by Crippen LogP contribution is 2.42. The third kappa shape index (κ3) is 3.74. The fraction of sp³-hybridized carbons (Fsp3) is 0.381. The van der Waals surface area contributed by atoms with Gasteiger partial charge in [-0.15, -0.1) is 11.8 Å². The van der Waals surface area contributed by atoms with Crippen LogP contribution in [0.4, 0.5) is 0 Å². The van der Waals surface area contributed by atoms with Gasteiger partial charge in [-0.05, 0) is 36.8 Å². The molecule has 1 fully saturated rings. The summed E-state index contributed by atoms with van der Waals surface area (Å²) in [6.45, 7) is 2.53. The van der Waals surface area contributed by atoms with Crippen LogP contribution in [-0.4, -0.2) is 41.6 Å². The number of pyridine rings is 1. The molecule has 4 rings (SSSR count). The van der Waals surface area contributed by atoms with Crippen LogP contribution in [0.1, 0.15) is 25.3 Å². The van der Waals surface area contributed by atoms with E-state index in [2.05, 4.69) is 45.6 Å². The van der Waals surface area contributed by atoms with Crippen LogP contribution in [0.3, 0.4) is 0 Å². The monoisotopic (exact) mass is 368 g/mol. The van der Waals surface area contributed by atoms with Crippen molar-refractivity contribution in [2.75, 3.05) is 19.6 Å². The van der Waals surface area contributed by atoms with Gasteiger partial charge >= 0.3 is 0 Å². The van der Waals surface area contributed by atoms with Gasteiger partial charge in [0.15, 0.2) is 0 Å². The van der Waals surface area contributed by atoms with Gasteiger partial charge in [-0.2, -0.15) is 0 Å². The SMILES string of the molecule is COC[C@@H](C)Oc1ccc(-c2ccccc2C2=CSCN2C2CC2)cn1. The number of benzene rings is 1. The molecule has 2 aromatic rings. The fourth-order valence-corrected chi connectivity index (χ4v) is 4.29.